The fourth-order valence-corrected chi connectivity index (χ4v) is 13.6. The molecule has 0 amide bonds. The molecule has 0 saturated carbocycles. The molecule has 0 N–H and O–H groups in total. The van der Waals surface area contributed by atoms with Crippen LogP contribution in [0.5, 0.6) is 0 Å². The van der Waals surface area contributed by atoms with Crippen LogP contribution in [-0.4, -0.2) is 15.2 Å². The number of benzene rings is 2. The van der Waals surface area contributed by atoms with Gasteiger partial charge in [0, 0.05) is 5.04 Å². The average Bonchev–Trinajstić information content (AvgIpc) is 2.37. The van der Waals surface area contributed by atoms with E-state index in [4.69, 9.17) is 22.2 Å². The Bertz CT molecular complexity index is 491. The van der Waals surface area contributed by atoms with Gasteiger partial charge in [0.1, 0.15) is 0 Å². The standard InChI is InChI=1S/C14H12Cl2Si2/c15-18(16)11-14(17-18,12-7-3-1-4-8-12)13-9-5-2-6-10-13/h1-10H,11H2. The van der Waals surface area contributed by atoms with Crippen LogP contribution in [0.3, 0.4) is 0 Å². The molecule has 0 nitrogen and oxygen atoms in total. The van der Waals surface area contributed by atoms with Gasteiger partial charge in [-0.1, -0.05) is 60.7 Å². The number of hydrogen-bond acceptors (Lipinski definition) is 0. The van der Waals surface area contributed by atoms with Gasteiger partial charge in [0.05, 0.1) is 9.04 Å². The third-order valence-corrected chi connectivity index (χ3v) is 11.7. The van der Waals surface area contributed by atoms with Crippen LogP contribution in [0.25, 0.3) is 0 Å². The smallest absolute Gasteiger partial charge is 0.150 e. The van der Waals surface area contributed by atoms with Crippen LogP contribution in [0.15, 0.2) is 60.7 Å². The van der Waals surface area contributed by atoms with E-state index in [9.17, 15) is 0 Å². The molecule has 0 aliphatic carbocycles. The molecule has 1 fully saturated rings. The maximum atomic E-state index is 6.41. The molecular weight excluding hydrogens is 295 g/mol. The number of rotatable bonds is 2. The summed E-state index contributed by atoms with van der Waals surface area (Å²) in [5, 5.41) is 0.0677. The zero-order valence-corrected chi connectivity index (χ0v) is 13.2. The summed E-state index contributed by atoms with van der Waals surface area (Å²) in [5.41, 5.74) is 2.69. The summed E-state index contributed by atoms with van der Waals surface area (Å²) < 4.78 is 0. The summed E-state index contributed by atoms with van der Waals surface area (Å²) in [6, 6.07) is 22.2. The fourth-order valence-electron chi connectivity index (χ4n) is 2.59. The van der Waals surface area contributed by atoms with Gasteiger partial charge in [-0.25, -0.2) is 0 Å². The second-order valence-electron chi connectivity index (χ2n) is 4.64. The van der Waals surface area contributed by atoms with Crippen molar-refractivity contribution in [1.82, 2.24) is 0 Å². The molecule has 0 bridgehead atoms. The summed E-state index contributed by atoms with van der Waals surface area (Å²) in [6.45, 7) is 0. The van der Waals surface area contributed by atoms with Gasteiger partial charge in [-0.3, -0.25) is 0 Å². The van der Waals surface area contributed by atoms with Gasteiger partial charge >= 0.3 is 0 Å². The van der Waals surface area contributed by atoms with Crippen molar-refractivity contribution in [2.24, 2.45) is 0 Å². The van der Waals surface area contributed by atoms with Crippen LogP contribution in [0.4, 0.5) is 0 Å². The maximum Gasteiger partial charge on any atom is 0.235 e. The topological polar surface area (TPSA) is 0 Å². The Morgan fingerprint density at radius 1 is 0.833 bits per heavy atom. The number of hydrogen-bond donors (Lipinski definition) is 0. The lowest BCUT2D eigenvalue weighted by Gasteiger charge is -2.48. The Morgan fingerprint density at radius 2 is 1.22 bits per heavy atom. The van der Waals surface area contributed by atoms with Crippen LogP contribution in [-0.2, 0) is 5.04 Å². The van der Waals surface area contributed by atoms with Crippen LogP contribution >= 0.6 is 22.2 Å². The van der Waals surface area contributed by atoms with Crippen molar-refractivity contribution < 1.29 is 0 Å². The summed E-state index contributed by atoms with van der Waals surface area (Å²) in [5.74, 6) is 0. The van der Waals surface area contributed by atoms with E-state index in [1.54, 1.807) is 0 Å². The van der Waals surface area contributed by atoms with E-state index >= 15 is 0 Å². The van der Waals surface area contributed by atoms with Crippen molar-refractivity contribution in [3.8, 4) is 0 Å². The van der Waals surface area contributed by atoms with Gasteiger partial charge in [-0.15, -0.1) is 0 Å². The van der Waals surface area contributed by atoms with E-state index < -0.39 is 6.21 Å². The predicted octanol–water partition coefficient (Wildman–Crippen LogP) is 4.06. The van der Waals surface area contributed by atoms with E-state index in [0.717, 1.165) is 6.04 Å². The molecule has 2 aromatic carbocycles. The van der Waals surface area contributed by atoms with Gasteiger partial charge in [0.2, 0.25) is 6.21 Å². The number of halogens is 2. The van der Waals surface area contributed by atoms with Crippen LogP contribution < -0.4 is 0 Å². The molecule has 2 radical (unpaired) electrons. The largest absolute Gasteiger partial charge is 0.235 e. The lowest BCUT2D eigenvalue weighted by atomic mass is 9.91. The van der Waals surface area contributed by atoms with E-state index in [-0.39, 0.29) is 5.04 Å². The first kappa shape index (κ1) is 12.5. The highest BCUT2D eigenvalue weighted by molar-refractivity contribution is 7.69. The second-order valence-corrected chi connectivity index (χ2v) is 17.2. The van der Waals surface area contributed by atoms with Gasteiger partial charge in [0.15, 0.2) is 0 Å². The molecule has 1 saturated heterocycles. The van der Waals surface area contributed by atoms with Gasteiger partial charge in [-0.05, 0) is 17.2 Å². The highest BCUT2D eigenvalue weighted by Crippen LogP contribution is 2.51. The molecule has 1 aliphatic rings. The highest BCUT2D eigenvalue weighted by Gasteiger charge is 2.57. The van der Waals surface area contributed by atoms with Crippen molar-refractivity contribution in [2.45, 2.75) is 11.1 Å². The maximum absolute atomic E-state index is 6.41. The first-order valence-corrected chi connectivity index (χ1v) is 12.1. The minimum atomic E-state index is -1.98. The van der Waals surface area contributed by atoms with Gasteiger partial charge < -0.3 is 0 Å². The Balaban J connectivity index is 2.07. The van der Waals surface area contributed by atoms with Crippen molar-refractivity contribution in [3.63, 3.8) is 0 Å². The third kappa shape index (κ3) is 2.07. The fraction of sp³-hybridized carbons (Fsp3) is 0.143. The molecule has 1 heterocycles. The quantitative estimate of drug-likeness (QED) is 0.580. The summed E-state index contributed by atoms with van der Waals surface area (Å²) in [4.78, 5) is 0. The predicted molar refractivity (Wildman–Crippen MR) is 81.7 cm³/mol. The minimum absolute atomic E-state index is 0.0677. The van der Waals surface area contributed by atoms with Crippen molar-refractivity contribution in [3.05, 3.63) is 71.8 Å². The first-order chi connectivity index (χ1) is 8.62. The molecule has 0 unspecified atom stereocenters. The monoisotopic (exact) mass is 306 g/mol. The highest BCUT2D eigenvalue weighted by atomic mass is 35.7. The summed E-state index contributed by atoms with van der Waals surface area (Å²) in [6.07, 6.45) is -1.98. The molecular formula is C14H12Cl2Si2. The Hall–Kier alpha value is -0.546. The van der Waals surface area contributed by atoms with Gasteiger partial charge in [0.25, 0.3) is 0 Å². The summed E-state index contributed by atoms with van der Waals surface area (Å²) in [7, 11) is 0.634. The molecule has 0 aromatic heterocycles. The third-order valence-electron chi connectivity index (χ3n) is 3.42. The van der Waals surface area contributed by atoms with E-state index in [1.807, 2.05) is 0 Å². The molecule has 18 heavy (non-hydrogen) atoms. The van der Waals surface area contributed by atoms with Gasteiger partial charge in [-0.2, -0.15) is 22.2 Å². The van der Waals surface area contributed by atoms with E-state index in [0.29, 0.717) is 9.04 Å². The Kier molecular flexibility index (Phi) is 3.14. The Morgan fingerprint density at radius 3 is 1.56 bits per heavy atom. The molecule has 2 aromatic rings. The van der Waals surface area contributed by atoms with Crippen LogP contribution in [0.2, 0.25) is 6.04 Å². The average molecular weight is 307 g/mol. The molecule has 0 spiro atoms. The minimum Gasteiger partial charge on any atom is -0.150 e. The molecule has 1 aliphatic heterocycles. The lowest BCUT2D eigenvalue weighted by molar-refractivity contribution is 0.781. The lowest BCUT2D eigenvalue weighted by Crippen LogP contribution is -2.60. The zero-order chi connectivity index (χ0) is 12.6. The normalized spacial score (nSPS) is 20.1. The molecule has 4 heteroatoms. The van der Waals surface area contributed by atoms with Crippen molar-refractivity contribution >= 4 is 37.4 Å². The second kappa shape index (κ2) is 4.53. The first-order valence-electron chi connectivity index (χ1n) is 5.91. The van der Waals surface area contributed by atoms with Crippen molar-refractivity contribution in [2.75, 3.05) is 0 Å². The van der Waals surface area contributed by atoms with Crippen LogP contribution in [0, 0.1) is 0 Å². The molecule has 0 atom stereocenters. The van der Waals surface area contributed by atoms with Crippen molar-refractivity contribution in [1.29, 1.82) is 0 Å². The molecule has 3 rings (SSSR count). The van der Waals surface area contributed by atoms with E-state index in [1.165, 1.54) is 11.1 Å². The summed E-state index contributed by atoms with van der Waals surface area (Å²) >= 11 is 12.8. The zero-order valence-electron chi connectivity index (χ0n) is 9.74. The molecule has 90 valence electrons. The SMILES string of the molecule is Cl[Si]1(Cl)CC(c2ccccc2)(c2ccccc2)[Si]1. The Labute approximate surface area is 120 Å². The van der Waals surface area contributed by atoms with E-state index in [2.05, 4.69) is 60.7 Å². The van der Waals surface area contributed by atoms with Crippen LogP contribution in [0.1, 0.15) is 11.1 Å².